The molecule has 1 fully saturated rings. The van der Waals surface area contributed by atoms with Crippen LogP contribution in [0.15, 0.2) is 18.2 Å². The summed E-state index contributed by atoms with van der Waals surface area (Å²) >= 11 is 0. The third-order valence-corrected chi connectivity index (χ3v) is 3.53. The lowest BCUT2D eigenvalue weighted by Crippen LogP contribution is -2.39. The molecule has 1 aromatic rings. The maximum absolute atomic E-state index is 12.4. The number of carbonyl (C=O) groups excluding carboxylic acids is 1. The van der Waals surface area contributed by atoms with Crippen molar-refractivity contribution in [3.63, 3.8) is 0 Å². The fraction of sp³-hybridized carbons (Fsp3) is 0.462. The molecule has 1 aliphatic rings. The summed E-state index contributed by atoms with van der Waals surface area (Å²) in [6.07, 6.45) is 1.78. The Kier molecular flexibility index (Phi) is 4.19. The van der Waals surface area contributed by atoms with Gasteiger partial charge in [0, 0.05) is 30.8 Å². The number of rotatable bonds is 4. The second-order valence-corrected chi connectivity index (χ2v) is 4.67. The standard InChI is InChI=1S/C13H17N3O4/c1-20-12-5-4-9(7-11(12)16(18)19)13(17)15-6-2-3-10(15)8-14/h4-5,7,10H,2-3,6,8,14H2,1H3. The number of benzene rings is 1. The largest absolute Gasteiger partial charge is 0.490 e. The van der Waals surface area contributed by atoms with Gasteiger partial charge in [0.25, 0.3) is 5.91 Å². The van der Waals surface area contributed by atoms with Crippen molar-refractivity contribution in [1.82, 2.24) is 4.90 Å². The van der Waals surface area contributed by atoms with Crippen LogP contribution < -0.4 is 10.5 Å². The number of carbonyl (C=O) groups is 1. The zero-order valence-corrected chi connectivity index (χ0v) is 11.2. The molecule has 1 saturated heterocycles. The van der Waals surface area contributed by atoms with Gasteiger partial charge in [-0.1, -0.05) is 0 Å². The van der Waals surface area contributed by atoms with Gasteiger partial charge in [-0.15, -0.1) is 0 Å². The Balaban J connectivity index is 2.31. The van der Waals surface area contributed by atoms with Gasteiger partial charge >= 0.3 is 5.69 Å². The van der Waals surface area contributed by atoms with E-state index in [0.29, 0.717) is 13.1 Å². The maximum Gasteiger partial charge on any atom is 0.311 e. The van der Waals surface area contributed by atoms with Gasteiger partial charge in [-0.3, -0.25) is 14.9 Å². The van der Waals surface area contributed by atoms with E-state index in [-0.39, 0.29) is 28.9 Å². The Morgan fingerprint density at radius 3 is 2.95 bits per heavy atom. The molecule has 0 aromatic heterocycles. The molecule has 108 valence electrons. The lowest BCUT2D eigenvalue weighted by molar-refractivity contribution is -0.385. The molecule has 1 heterocycles. The molecule has 0 bridgehead atoms. The van der Waals surface area contributed by atoms with E-state index in [1.165, 1.54) is 19.2 Å². The Morgan fingerprint density at radius 2 is 2.35 bits per heavy atom. The van der Waals surface area contributed by atoms with Gasteiger partial charge in [-0.05, 0) is 25.0 Å². The molecule has 0 saturated carbocycles. The first-order valence-corrected chi connectivity index (χ1v) is 6.42. The highest BCUT2D eigenvalue weighted by molar-refractivity contribution is 5.95. The number of ether oxygens (including phenoxy) is 1. The van der Waals surface area contributed by atoms with E-state index >= 15 is 0 Å². The normalized spacial score (nSPS) is 18.1. The molecule has 7 heteroatoms. The van der Waals surface area contributed by atoms with Crippen molar-refractivity contribution >= 4 is 11.6 Å². The van der Waals surface area contributed by atoms with Crippen LogP contribution in [0.25, 0.3) is 0 Å². The molecule has 1 atom stereocenters. The van der Waals surface area contributed by atoms with Crippen LogP contribution in [-0.2, 0) is 0 Å². The van der Waals surface area contributed by atoms with Gasteiger partial charge in [-0.2, -0.15) is 0 Å². The fourth-order valence-corrected chi connectivity index (χ4v) is 2.48. The molecule has 2 rings (SSSR count). The van der Waals surface area contributed by atoms with Crippen molar-refractivity contribution in [2.75, 3.05) is 20.2 Å². The SMILES string of the molecule is COc1ccc(C(=O)N2CCCC2CN)cc1[N+](=O)[O-]. The Labute approximate surface area is 116 Å². The van der Waals surface area contributed by atoms with Crippen LogP contribution in [0.3, 0.4) is 0 Å². The van der Waals surface area contributed by atoms with Gasteiger partial charge in [0.2, 0.25) is 0 Å². The molecule has 1 aromatic carbocycles. The summed E-state index contributed by atoms with van der Waals surface area (Å²) in [4.78, 5) is 24.5. The highest BCUT2D eigenvalue weighted by Gasteiger charge is 2.29. The summed E-state index contributed by atoms with van der Waals surface area (Å²) < 4.78 is 4.92. The van der Waals surface area contributed by atoms with Crippen LogP contribution in [0.1, 0.15) is 23.2 Å². The molecule has 1 aliphatic heterocycles. The zero-order chi connectivity index (χ0) is 14.7. The molecule has 2 N–H and O–H groups in total. The second kappa shape index (κ2) is 5.87. The highest BCUT2D eigenvalue weighted by Crippen LogP contribution is 2.29. The van der Waals surface area contributed by atoms with Crippen LogP contribution in [0.4, 0.5) is 5.69 Å². The number of hydrogen-bond acceptors (Lipinski definition) is 5. The minimum Gasteiger partial charge on any atom is -0.490 e. The van der Waals surface area contributed by atoms with Crippen LogP contribution >= 0.6 is 0 Å². The quantitative estimate of drug-likeness (QED) is 0.658. The summed E-state index contributed by atoms with van der Waals surface area (Å²) in [6.45, 7) is 1.05. The number of nitro groups is 1. The van der Waals surface area contributed by atoms with E-state index in [1.54, 1.807) is 11.0 Å². The molecule has 20 heavy (non-hydrogen) atoms. The van der Waals surface area contributed by atoms with Crippen molar-refractivity contribution in [2.24, 2.45) is 5.73 Å². The van der Waals surface area contributed by atoms with Crippen molar-refractivity contribution in [2.45, 2.75) is 18.9 Å². The fourth-order valence-electron chi connectivity index (χ4n) is 2.48. The van der Waals surface area contributed by atoms with E-state index in [4.69, 9.17) is 10.5 Å². The van der Waals surface area contributed by atoms with Crippen molar-refractivity contribution in [3.05, 3.63) is 33.9 Å². The lowest BCUT2D eigenvalue weighted by Gasteiger charge is -2.23. The third-order valence-electron chi connectivity index (χ3n) is 3.53. The summed E-state index contributed by atoms with van der Waals surface area (Å²) in [7, 11) is 1.36. The topological polar surface area (TPSA) is 98.7 Å². The number of likely N-dealkylation sites (tertiary alicyclic amines) is 1. The average Bonchev–Trinajstić information content (AvgIpc) is 2.94. The van der Waals surface area contributed by atoms with E-state index in [1.807, 2.05) is 0 Å². The highest BCUT2D eigenvalue weighted by atomic mass is 16.6. The molecular formula is C13H17N3O4. The molecule has 0 spiro atoms. The van der Waals surface area contributed by atoms with E-state index < -0.39 is 4.92 Å². The first-order chi connectivity index (χ1) is 9.58. The van der Waals surface area contributed by atoms with E-state index in [0.717, 1.165) is 12.8 Å². The number of nitrogens with zero attached hydrogens (tertiary/aromatic N) is 2. The minimum absolute atomic E-state index is 0.0173. The summed E-state index contributed by atoms with van der Waals surface area (Å²) in [6, 6.07) is 4.26. The van der Waals surface area contributed by atoms with Gasteiger partial charge in [0.1, 0.15) is 0 Å². The van der Waals surface area contributed by atoms with Gasteiger partial charge in [0.15, 0.2) is 5.75 Å². The predicted molar refractivity (Wildman–Crippen MR) is 72.8 cm³/mol. The smallest absolute Gasteiger partial charge is 0.311 e. The Hall–Kier alpha value is -2.15. The van der Waals surface area contributed by atoms with Crippen molar-refractivity contribution in [1.29, 1.82) is 0 Å². The Bertz CT molecular complexity index is 532. The van der Waals surface area contributed by atoms with Gasteiger partial charge < -0.3 is 15.4 Å². The van der Waals surface area contributed by atoms with E-state index in [2.05, 4.69) is 0 Å². The number of methoxy groups -OCH3 is 1. The summed E-state index contributed by atoms with van der Waals surface area (Å²) in [5.74, 6) is -0.0768. The monoisotopic (exact) mass is 279 g/mol. The zero-order valence-electron chi connectivity index (χ0n) is 11.2. The Morgan fingerprint density at radius 1 is 1.60 bits per heavy atom. The average molecular weight is 279 g/mol. The lowest BCUT2D eigenvalue weighted by atomic mass is 10.1. The van der Waals surface area contributed by atoms with E-state index in [9.17, 15) is 14.9 Å². The molecular weight excluding hydrogens is 262 g/mol. The van der Waals surface area contributed by atoms with Crippen molar-refractivity contribution in [3.8, 4) is 5.75 Å². The van der Waals surface area contributed by atoms with Crippen LogP contribution in [0, 0.1) is 10.1 Å². The summed E-state index contributed by atoms with van der Waals surface area (Å²) in [5.41, 5.74) is 5.72. The molecule has 1 amide bonds. The number of nitrogens with two attached hydrogens (primary N) is 1. The molecule has 7 nitrogen and oxygen atoms in total. The molecule has 0 aliphatic carbocycles. The van der Waals surface area contributed by atoms with Crippen LogP contribution in [-0.4, -0.2) is 42.0 Å². The minimum atomic E-state index is -0.556. The van der Waals surface area contributed by atoms with Gasteiger partial charge in [-0.25, -0.2) is 0 Å². The number of hydrogen-bond donors (Lipinski definition) is 1. The maximum atomic E-state index is 12.4. The van der Waals surface area contributed by atoms with Crippen molar-refractivity contribution < 1.29 is 14.5 Å². The van der Waals surface area contributed by atoms with Crippen LogP contribution in [0.2, 0.25) is 0 Å². The second-order valence-electron chi connectivity index (χ2n) is 4.67. The third kappa shape index (κ3) is 2.57. The molecule has 1 unspecified atom stereocenters. The van der Waals surface area contributed by atoms with Gasteiger partial charge in [0.05, 0.1) is 12.0 Å². The predicted octanol–water partition coefficient (Wildman–Crippen LogP) is 1.17. The number of amides is 1. The first-order valence-electron chi connectivity index (χ1n) is 6.42. The first kappa shape index (κ1) is 14.3. The number of nitro benzene ring substituents is 1. The molecule has 0 radical (unpaired) electrons. The van der Waals surface area contributed by atoms with Crippen LogP contribution in [0.5, 0.6) is 5.75 Å². The summed E-state index contributed by atoms with van der Waals surface area (Å²) in [5, 5.41) is 11.0.